The van der Waals surface area contributed by atoms with Crippen LogP contribution in [0.5, 0.6) is 0 Å². The van der Waals surface area contributed by atoms with Gasteiger partial charge in [0.2, 0.25) is 0 Å². The van der Waals surface area contributed by atoms with Crippen LogP contribution in [0.3, 0.4) is 0 Å². The molecule has 0 spiro atoms. The zero-order chi connectivity index (χ0) is 15.5. The maximum Gasteiger partial charge on any atom is 0.306 e. The summed E-state index contributed by atoms with van der Waals surface area (Å²) in [5.74, 6) is 0.504. The van der Waals surface area contributed by atoms with Crippen LogP contribution in [0.1, 0.15) is 71.6 Å². The molecule has 21 heavy (non-hydrogen) atoms. The highest BCUT2D eigenvalue weighted by Crippen LogP contribution is 2.35. The third kappa shape index (κ3) is 6.92. The van der Waals surface area contributed by atoms with Crippen molar-refractivity contribution in [2.75, 3.05) is 6.61 Å². The van der Waals surface area contributed by atoms with E-state index in [2.05, 4.69) is 13.8 Å². The number of rotatable bonds is 10. The first-order chi connectivity index (χ1) is 10.2. The molecule has 0 bridgehead atoms. The van der Waals surface area contributed by atoms with Crippen LogP contribution in [0.25, 0.3) is 0 Å². The van der Waals surface area contributed by atoms with E-state index in [-0.39, 0.29) is 17.8 Å². The third-order valence-corrected chi connectivity index (χ3v) is 4.25. The Morgan fingerprint density at radius 1 is 1.24 bits per heavy atom. The first kappa shape index (κ1) is 17.9. The van der Waals surface area contributed by atoms with Gasteiger partial charge in [-0.25, -0.2) is 0 Å². The van der Waals surface area contributed by atoms with Crippen LogP contribution >= 0.6 is 0 Å². The second kappa shape index (κ2) is 10.6. The lowest BCUT2D eigenvalue weighted by molar-refractivity contribution is -0.143. The molecule has 0 aliphatic heterocycles. The summed E-state index contributed by atoms with van der Waals surface area (Å²) in [5.41, 5.74) is 0. The average molecular weight is 294 g/mol. The lowest BCUT2D eigenvalue weighted by Gasteiger charge is -2.17. The predicted octanol–water partition coefficient (Wildman–Crippen LogP) is 4.45. The van der Waals surface area contributed by atoms with Crippen molar-refractivity contribution in [2.24, 2.45) is 11.8 Å². The first-order valence-corrected chi connectivity index (χ1v) is 8.52. The van der Waals surface area contributed by atoms with E-state index < -0.39 is 0 Å². The normalized spacial score (nSPS) is 22.1. The molecule has 0 radical (unpaired) electrons. The van der Waals surface area contributed by atoms with E-state index in [9.17, 15) is 9.59 Å². The summed E-state index contributed by atoms with van der Waals surface area (Å²) in [4.78, 5) is 23.8. The van der Waals surface area contributed by atoms with Gasteiger partial charge in [-0.05, 0) is 25.2 Å². The van der Waals surface area contributed by atoms with Crippen LogP contribution in [0, 0.1) is 11.8 Å². The molecule has 1 aliphatic rings. The second-order valence-electron chi connectivity index (χ2n) is 6.01. The molecule has 2 atom stereocenters. The van der Waals surface area contributed by atoms with Crippen LogP contribution < -0.4 is 0 Å². The van der Waals surface area contributed by atoms with Gasteiger partial charge < -0.3 is 4.74 Å². The molecule has 0 heterocycles. The molecule has 1 saturated carbocycles. The average Bonchev–Trinajstić information content (AvgIpc) is 2.80. The topological polar surface area (TPSA) is 43.4 Å². The number of carbonyl (C=O) groups is 2. The van der Waals surface area contributed by atoms with Gasteiger partial charge in [-0.3, -0.25) is 9.59 Å². The van der Waals surface area contributed by atoms with Gasteiger partial charge in [-0.2, -0.15) is 0 Å². The molecule has 3 nitrogen and oxygen atoms in total. The highest BCUT2D eigenvalue weighted by atomic mass is 16.5. The van der Waals surface area contributed by atoms with Crippen LogP contribution in [-0.4, -0.2) is 18.4 Å². The van der Waals surface area contributed by atoms with E-state index in [0.29, 0.717) is 25.2 Å². The Morgan fingerprint density at radius 2 is 2.05 bits per heavy atom. The standard InChI is InChI=1S/C18H30O3/c1-3-5-7-9-13-21-18(20)14-15-11-12-17(19)16(15)10-8-6-4-2/h7,9,15-16H,3-6,8,10-14H2,1-2H3/t15-,16-/m0/s1. The number of unbranched alkanes of at least 4 members (excludes halogenated alkanes) is 3. The summed E-state index contributed by atoms with van der Waals surface area (Å²) in [7, 11) is 0. The van der Waals surface area contributed by atoms with E-state index >= 15 is 0 Å². The maximum atomic E-state index is 11.9. The number of esters is 1. The van der Waals surface area contributed by atoms with E-state index in [0.717, 1.165) is 38.5 Å². The number of carbonyl (C=O) groups excluding carboxylic acids is 2. The summed E-state index contributed by atoms with van der Waals surface area (Å²) in [6.45, 7) is 4.64. The quantitative estimate of drug-likeness (QED) is 0.339. The number of hydrogen-bond donors (Lipinski definition) is 0. The summed E-state index contributed by atoms with van der Waals surface area (Å²) >= 11 is 0. The fourth-order valence-corrected chi connectivity index (χ4v) is 3.00. The number of Topliss-reactive ketones (excluding diaryl/α,β-unsaturated/α-hetero) is 1. The lowest BCUT2D eigenvalue weighted by Crippen LogP contribution is -2.19. The van der Waals surface area contributed by atoms with Gasteiger partial charge >= 0.3 is 5.97 Å². The summed E-state index contributed by atoms with van der Waals surface area (Å²) in [6.07, 6.45) is 12.4. The van der Waals surface area contributed by atoms with E-state index in [1.165, 1.54) is 6.42 Å². The van der Waals surface area contributed by atoms with Gasteiger partial charge in [0.25, 0.3) is 0 Å². The van der Waals surface area contributed by atoms with Crippen molar-refractivity contribution in [1.29, 1.82) is 0 Å². The highest BCUT2D eigenvalue weighted by Gasteiger charge is 2.35. The van der Waals surface area contributed by atoms with Crippen molar-refractivity contribution >= 4 is 11.8 Å². The molecule has 3 heteroatoms. The van der Waals surface area contributed by atoms with Crippen LogP contribution in [0.2, 0.25) is 0 Å². The van der Waals surface area contributed by atoms with Gasteiger partial charge in [0.05, 0.1) is 0 Å². The molecule has 1 fully saturated rings. The number of hydrogen-bond acceptors (Lipinski definition) is 3. The molecule has 0 aromatic carbocycles. The Labute approximate surface area is 129 Å². The molecule has 0 amide bonds. The maximum absolute atomic E-state index is 11.9. The first-order valence-electron chi connectivity index (χ1n) is 8.52. The van der Waals surface area contributed by atoms with Crippen molar-refractivity contribution in [3.63, 3.8) is 0 Å². The van der Waals surface area contributed by atoms with Crippen molar-refractivity contribution in [1.82, 2.24) is 0 Å². The van der Waals surface area contributed by atoms with E-state index in [4.69, 9.17) is 4.74 Å². The van der Waals surface area contributed by atoms with Crippen LogP contribution in [0.15, 0.2) is 12.2 Å². The van der Waals surface area contributed by atoms with Gasteiger partial charge in [-0.15, -0.1) is 0 Å². The molecule has 0 N–H and O–H groups in total. The Morgan fingerprint density at radius 3 is 2.76 bits per heavy atom. The molecule has 120 valence electrons. The van der Waals surface area contributed by atoms with Gasteiger partial charge in [0.1, 0.15) is 12.4 Å². The van der Waals surface area contributed by atoms with Crippen molar-refractivity contribution in [3.8, 4) is 0 Å². The largest absolute Gasteiger partial charge is 0.461 e. The zero-order valence-electron chi connectivity index (χ0n) is 13.6. The van der Waals surface area contributed by atoms with E-state index in [1.54, 1.807) is 0 Å². The monoisotopic (exact) mass is 294 g/mol. The number of allylic oxidation sites excluding steroid dienone is 1. The number of ketones is 1. The van der Waals surface area contributed by atoms with Crippen LogP contribution in [0.4, 0.5) is 0 Å². The minimum Gasteiger partial charge on any atom is -0.461 e. The highest BCUT2D eigenvalue weighted by molar-refractivity contribution is 5.84. The zero-order valence-corrected chi connectivity index (χ0v) is 13.6. The summed E-state index contributed by atoms with van der Waals surface area (Å²) < 4.78 is 5.22. The SMILES string of the molecule is CCCC=CCOC(=O)C[C@@H]1CCC(=O)[C@H]1CCCCC. The van der Waals surface area contributed by atoms with Crippen molar-refractivity contribution < 1.29 is 14.3 Å². The molecule has 0 unspecified atom stereocenters. The smallest absolute Gasteiger partial charge is 0.306 e. The Kier molecular flexibility index (Phi) is 9.04. The Balaban J connectivity index is 2.30. The van der Waals surface area contributed by atoms with Crippen molar-refractivity contribution in [2.45, 2.75) is 71.6 Å². The fourth-order valence-electron chi connectivity index (χ4n) is 3.00. The fraction of sp³-hybridized carbons (Fsp3) is 0.778. The lowest BCUT2D eigenvalue weighted by atomic mass is 9.88. The molecule has 0 aromatic rings. The minimum atomic E-state index is -0.156. The Bertz CT molecular complexity index is 346. The van der Waals surface area contributed by atoms with Gasteiger partial charge in [0.15, 0.2) is 0 Å². The molecule has 0 aromatic heterocycles. The molecular weight excluding hydrogens is 264 g/mol. The van der Waals surface area contributed by atoms with Gasteiger partial charge in [0, 0.05) is 18.8 Å². The molecular formula is C18H30O3. The van der Waals surface area contributed by atoms with Crippen LogP contribution in [-0.2, 0) is 14.3 Å². The Hall–Kier alpha value is -1.12. The summed E-state index contributed by atoms with van der Waals surface area (Å²) in [5, 5.41) is 0. The van der Waals surface area contributed by atoms with Crippen molar-refractivity contribution in [3.05, 3.63) is 12.2 Å². The second-order valence-corrected chi connectivity index (χ2v) is 6.01. The minimum absolute atomic E-state index is 0.0970. The number of ether oxygens (including phenoxy) is 1. The van der Waals surface area contributed by atoms with E-state index in [1.807, 2.05) is 12.2 Å². The molecule has 1 rings (SSSR count). The molecule has 0 saturated heterocycles. The molecule has 1 aliphatic carbocycles. The predicted molar refractivity (Wildman–Crippen MR) is 85.0 cm³/mol. The van der Waals surface area contributed by atoms with Gasteiger partial charge in [-0.1, -0.05) is 51.7 Å². The third-order valence-electron chi connectivity index (χ3n) is 4.25. The summed E-state index contributed by atoms with van der Waals surface area (Å²) in [6, 6.07) is 0.